The fourth-order valence-electron chi connectivity index (χ4n) is 5.06. The summed E-state index contributed by atoms with van der Waals surface area (Å²) >= 11 is 0. The molecule has 1 aliphatic heterocycles. The highest BCUT2D eigenvalue weighted by molar-refractivity contribution is 5.98. The summed E-state index contributed by atoms with van der Waals surface area (Å²) < 4.78 is 2.25. The highest BCUT2D eigenvalue weighted by Gasteiger charge is 2.20. The quantitative estimate of drug-likeness (QED) is 0.198. The van der Waals surface area contributed by atoms with E-state index in [1.807, 2.05) is 36.1 Å². The molecule has 1 amide bonds. The van der Waals surface area contributed by atoms with Gasteiger partial charge in [0.05, 0.1) is 11.0 Å². The van der Waals surface area contributed by atoms with Gasteiger partial charge in [-0.05, 0) is 94.8 Å². The Labute approximate surface area is 230 Å². The van der Waals surface area contributed by atoms with Crippen molar-refractivity contribution >= 4 is 28.9 Å². The largest absolute Gasteiger partial charge is 0.339 e. The van der Waals surface area contributed by atoms with Crippen molar-refractivity contribution < 1.29 is 4.79 Å². The number of nitrogens with zero attached hydrogens (tertiary/aromatic N) is 5. The summed E-state index contributed by atoms with van der Waals surface area (Å²) in [6.45, 7) is 20.5. The number of allylic oxidation sites excluding steroid dienone is 2. The number of imidazole rings is 1. The lowest BCUT2D eigenvalue weighted by Gasteiger charge is -2.26. The molecule has 0 atom stereocenters. The number of benzene rings is 1. The van der Waals surface area contributed by atoms with Crippen LogP contribution in [-0.2, 0) is 6.54 Å². The predicted octanol–water partition coefficient (Wildman–Crippen LogP) is 7.06. The van der Waals surface area contributed by atoms with E-state index in [2.05, 4.69) is 48.7 Å². The summed E-state index contributed by atoms with van der Waals surface area (Å²) in [5, 5.41) is 0. The molecule has 2 heterocycles. The molecule has 1 fully saturated rings. The molecule has 0 aliphatic carbocycles. The van der Waals surface area contributed by atoms with Gasteiger partial charge in [-0.25, -0.2) is 4.98 Å². The van der Waals surface area contributed by atoms with Crippen molar-refractivity contribution in [2.75, 3.05) is 32.7 Å². The Hall–Kier alpha value is -2.73. The lowest BCUT2D eigenvalue weighted by molar-refractivity contribution is 0.0741. The first-order chi connectivity index (χ1) is 18.3. The first-order valence-electron chi connectivity index (χ1n) is 14.7. The molecule has 0 radical (unpaired) electrons. The molecule has 1 saturated heterocycles. The molecule has 6 nitrogen and oxygen atoms in total. The molecule has 2 aromatic rings. The molecule has 38 heavy (non-hydrogen) atoms. The average Bonchev–Trinajstić information content (AvgIpc) is 3.26. The molecule has 0 spiro atoms. The van der Waals surface area contributed by atoms with Gasteiger partial charge in [0.1, 0.15) is 5.70 Å². The Morgan fingerprint density at radius 1 is 1.08 bits per heavy atom. The number of hydrogen-bond acceptors (Lipinski definition) is 4. The average molecular weight is 520 g/mol. The van der Waals surface area contributed by atoms with Crippen LogP contribution in [0.25, 0.3) is 16.7 Å². The lowest BCUT2D eigenvalue weighted by atomic mass is 10.1. The molecule has 0 bridgehead atoms. The van der Waals surface area contributed by atoms with Crippen LogP contribution in [0.1, 0.15) is 89.3 Å². The van der Waals surface area contributed by atoms with Crippen LogP contribution in [0.3, 0.4) is 0 Å². The molecule has 6 heteroatoms. The third-order valence-electron chi connectivity index (χ3n) is 7.31. The zero-order valence-corrected chi connectivity index (χ0v) is 24.5. The maximum atomic E-state index is 13.7. The molecular formula is C32H49N5O. The van der Waals surface area contributed by atoms with E-state index in [0.29, 0.717) is 11.8 Å². The number of amides is 1. The van der Waals surface area contributed by atoms with Gasteiger partial charge in [-0.3, -0.25) is 9.79 Å². The van der Waals surface area contributed by atoms with E-state index >= 15 is 0 Å². The molecule has 0 N–H and O–H groups in total. The maximum absolute atomic E-state index is 13.7. The smallest absolute Gasteiger partial charge is 0.253 e. The van der Waals surface area contributed by atoms with Gasteiger partial charge in [0.2, 0.25) is 0 Å². The van der Waals surface area contributed by atoms with Crippen LogP contribution in [0.2, 0.25) is 0 Å². The van der Waals surface area contributed by atoms with Crippen molar-refractivity contribution in [1.82, 2.24) is 19.4 Å². The van der Waals surface area contributed by atoms with Crippen molar-refractivity contribution in [3.05, 3.63) is 48.3 Å². The van der Waals surface area contributed by atoms with Crippen LogP contribution in [0.5, 0.6) is 0 Å². The number of hydrogen-bond donors (Lipinski definition) is 0. The Balaban J connectivity index is 1.95. The summed E-state index contributed by atoms with van der Waals surface area (Å²) in [6.07, 6.45) is 12.5. The third-order valence-corrected chi connectivity index (χ3v) is 7.31. The number of rotatable bonds is 14. The van der Waals surface area contributed by atoms with Crippen LogP contribution in [0, 0.1) is 11.8 Å². The number of likely N-dealkylation sites (tertiary alicyclic amines) is 1. The van der Waals surface area contributed by atoms with E-state index in [9.17, 15) is 4.79 Å². The number of aromatic nitrogens is 2. The van der Waals surface area contributed by atoms with Crippen molar-refractivity contribution in [1.29, 1.82) is 0 Å². The number of piperidine rings is 1. The Morgan fingerprint density at radius 3 is 2.37 bits per heavy atom. The van der Waals surface area contributed by atoms with Crippen LogP contribution >= 0.6 is 0 Å². The summed E-state index contributed by atoms with van der Waals surface area (Å²) in [5.74, 6) is 2.07. The van der Waals surface area contributed by atoms with Crippen molar-refractivity contribution in [3.8, 4) is 0 Å². The molecule has 0 unspecified atom stereocenters. The second-order valence-electron chi connectivity index (χ2n) is 11.4. The minimum Gasteiger partial charge on any atom is -0.339 e. The molecule has 1 aromatic carbocycles. The van der Waals surface area contributed by atoms with Gasteiger partial charge in [0.25, 0.3) is 5.91 Å². The van der Waals surface area contributed by atoms with E-state index in [1.54, 1.807) is 12.3 Å². The lowest BCUT2D eigenvalue weighted by Crippen LogP contribution is -2.34. The highest BCUT2D eigenvalue weighted by Crippen LogP contribution is 2.25. The zero-order chi connectivity index (χ0) is 27.5. The summed E-state index contributed by atoms with van der Waals surface area (Å²) in [7, 11) is 0. The van der Waals surface area contributed by atoms with Gasteiger partial charge in [-0.2, -0.15) is 0 Å². The number of carbonyl (C=O) groups excluding carboxylic acids is 1. The molecular weight excluding hydrogens is 470 g/mol. The normalized spacial score (nSPS) is 15.3. The van der Waals surface area contributed by atoms with Crippen LogP contribution < -0.4 is 0 Å². The second-order valence-corrected chi connectivity index (χ2v) is 11.4. The summed E-state index contributed by atoms with van der Waals surface area (Å²) in [6, 6.07) is 5.99. The fourth-order valence-corrected chi connectivity index (χ4v) is 5.06. The van der Waals surface area contributed by atoms with Gasteiger partial charge in [0.15, 0.2) is 5.82 Å². The first-order valence-corrected chi connectivity index (χ1v) is 14.7. The van der Waals surface area contributed by atoms with Gasteiger partial charge in [0, 0.05) is 31.4 Å². The van der Waals surface area contributed by atoms with Gasteiger partial charge in [-0.15, -0.1) is 0 Å². The van der Waals surface area contributed by atoms with Gasteiger partial charge < -0.3 is 14.4 Å². The minimum absolute atomic E-state index is 0.115. The molecule has 1 aromatic heterocycles. The zero-order valence-electron chi connectivity index (χ0n) is 24.5. The summed E-state index contributed by atoms with van der Waals surface area (Å²) in [4.78, 5) is 27.9. The monoisotopic (exact) mass is 519 g/mol. The number of aryl methyl sites for hydroxylation is 1. The fraction of sp³-hybridized carbons (Fsp3) is 0.594. The van der Waals surface area contributed by atoms with Crippen LogP contribution in [-0.4, -0.2) is 64.2 Å². The van der Waals surface area contributed by atoms with Gasteiger partial charge >= 0.3 is 0 Å². The second kappa shape index (κ2) is 15.0. The maximum Gasteiger partial charge on any atom is 0.253 e. The number of carbonyl (C=O) groups is 1. The van der Waals surface area contributed by atoms with Crippen LogP contribution in [0.15, 0.2) is 41.9 Å². The number of fused-ring (bicyclic) bond motifs is 1. The van der Waals surface area contributed by atoms with E-state index in [0.717, 1.165) is 73.6 Å². The molecule has 3 rings (SSSR count). The van der Waals surface area contributed by atoms with Crippen molar-refractivity contribution in [3.63, 3.8) is 0 Å². The molecule has 0 saturated carbocycles. The predicted molar refractivity (Wildman–Crippen MR) is 162 cm³/mol. The van der Waals surface area contributed by atoms with E-state index in [4.69, 9.17) is 4.98 Å². The van der Waals surface area contributed by atoms with Crippen LogP contribution in [0.4, 0.5) is 0 Å². The highest BCUT2D eigenvalue weighted by atomic mass is 16.2. The first kappa shape index (κ1) is 29.8. The van der Waals surface area contributed by atoms with Gasteiger partial charge in [-0.1, -0.05) is 46.8 Å². The third kappa shape index (κ3) is 8.39. The Kier molecular flexibility index (Phi) is 11.8. The van der Waals surface area contributed by atoms with Crippen molar-refractivity contribution in [2.24, 2.45) is 16.8 Å². The minimum atomic E-state index is 0.115. The van der Waals surface area contributed by atoms with E-state index in [1.165, 1.54) is 32.4 Å². The van der Waals surface area contributed by atoms with Crippen molar-refractivity contribution in [2.45, 2.75) is 79.7 Å². The molecule has 208 valence electrons. The standard InChI is InChI=1S/C32H49N5O/c1-7-13-29(33-8-2)31-34-28-15-14-27(32(38)36(22-16-25(3)4)23-17-26(5)6)24-30(28)37(31)21-12-20-35-18-10-9-11-19-35/h7-8,13-15,24-26H,1,9-12,16-23H2,2-6H3/b29-13-,33-8?. The number of aliphatic imine (C=N–C) groups is 1. The molecule has 1 aliphatic rings. The Morgan fingerprint density at radius 2 is 1.76 bits per heavy atom. The summed E-state index contributed by atoms with van der Waals surface area (Å²) in [5.41, 5.74) is 3.42. The topological polar surface area (TPSA) is 53.7 Å². The van der Waals surface area contributed by atoms with E-state index in [-0.39, 0.29) is 5.91 Å². The van der Waals surface area contributed by atoms with E-state index < -0.39 is 0 Å². The Bertz CT molecular complexity index is 1090. The SMILES string of the molecule is C=C/C=C(\N=CC)c1nc2ccc(C(=O)N(CCC(C)C)CCC(C)C)cc2n1CCCN1CCCCC1.